The second-order valence-electron chi connectivity index (χ2n) is 5.61. The van der Waals surface area contributed by atoms with Crippen LogP contribution >= 0.6 is 0 Å². The third-order valence-corrected chi connectivity index (χ3v) is 3.89. The van der Waals surface area contributed by atoms with Crippen molar-refractivity contribution in [3.05, 3.63) is 72.2 Å². The number of rotatable bonds is 7. The van der Waals surface area contributed by atoms with E-state index in [2.05, 4.69) is 20.6 Å². The van der Waals surface area contributed by atoms with Crippen molar-refractivity contribution in [2.24, 2.45) is 0 Å². The molecule has 0 atom stereocenters. The molecule has 2 N–H and O–H groups in total. The lowest BCUT2D eigenvalue weighted by atomic mass is 10.2. The van der Waals surface area contributed by atoms with Crippen LogP contribution < -0.4 is 20.1 Å². The summed E-state index contributed by atoms with van der Waals surface area (Å²) >= 11 is 0. The standard InChI is InChI=1S/C20H20N4O3/c1-26-17-9-5-3-7-14(17)11-23-20(25)16-12-22-19(13-21-16)24-15-8-4-6-10-18(15)27-2/h3-10,12-13H,11H2,1-2H3,(H,22,24)(H,23,25). The number of para-hydroxylation sites is 3. The second-order valence-corrected chi connectivity index (χ2v) is 5.61. The number of methoxy groups -OCH3 is 2. The highest BCUT2D eigenvalue weighted by molar-refractivity contribution is 5.92. The fourth-order valence-corrected chi connectivity index (χ4v) is 2.51. The highest BCUT2D eigenvalue weighted by Gasteiger charge is 2.10. The third-order valence-electron chi connectivity index (χ3n) is 3.89. The molecule has 7 nitrogen and oxygen atoms in total. The molecule has 1 heterocycles. The van der Waals surface area contributed by atoms with Gasteiger partial charge in [-0.3, -0.25) is 4.79 Å². The molecule has 2 aromatic carbocycles. The minimum atomic E-state index is -0.308. The van der Waals surface area contributed by atoms with Crippen molar-refractivity contribution >= 4 is 17.4 Å². The molecule has 0 aliphatic rings. The zero-order chi connectivity index (χ0) is 19.1. The topological polar surface area (TPSA) is 85.4 Å². The number of carbonyl (C=O) groups excluding carboxylic acids is 1. The van der Waals surface area contributed by atoms with Crippen molar-refractivity contribution in [2.45, 2.75) is 6.54 Å². The Morgan fingerprint density at radius 3 is 2.33 bits per heavy atom. The Kier molecular flexibility index (Phi) is 5.84. The maximum atomic E-state index is 12.3. The Hall–Kier alpha value is -3.61. The average molecular weight is 364 g/mol. The second kappa shape index (κ2) is 8.66. The predicted octanol–water partition coefficient (Wildman–Crippen LogP) is 3.17. The molecule has 3 rings (SSSR count). The molecule has 0 spiro atoms. The molecule has 1 amide bonds. The fourth-order valence-electron chi connectivity index (χ4n) is 2.51. The number of nitrogens with zero attached hydrogens (tertiary/aromatic N) is 2. The Morgan fingerprint density at radius 2 is 1.63 bits per heavy atom. The van der Waals surface area contributed by atoms with Crippen LogP contribution in [-0.2, 0) is 6.54 Å². The zero-order valence-corrected chi connectivity index (χ0v) is 15.1. The van der Waals surface area contributed by atoms with Crippen molar-refractivity contribution in [2.75, 3.05) is 19.5 Å². The van der Waals surface area contributed by atoms with Crippen LogP contribution in [0.15, 0.2) is 60.9 Å². The third kappa shape index (κ3) is 4.52. The maximum Gasteiger partial charge on any atom is 0.271 e. The summed E-state index contributed by atoms with van der Waals surface area (Å²) in [5.41, 5.74) is 1.88. The summed E-state index contributed by atoms with van der Waals surface area (Å²) < 4.78 is 10.6. The van der Waals surface area contributed by atoms with Crippen LogP contribution in [0, 0.1) is 0 Å². The number of aromatic nitrogens is 2. The molecule has 0 radical (unpaired) electrons. The Bertz CT molecular complexity index is 913. The average Bonchev–Trinajstić information content (AvgIpc) is 2.73. The van der Waals surface area contributed by atoms with Crippen LogP contribution in [-0.4, -0.2) is 30.1 Å². The molecule has 1 aromatic heterocycles. The van der Waals surface area contributed by atoms with Crippen LogP contribution in [0.25, 0.3) is 0 Å². The summed E-state index contributed by atoms with van der Waals surface area (Å²) in [7, 11) is 3.20. The first kappa shape index (κ1) is 18.2. The SMILES string of the molecule is COc1ccccc1CNC(=O)c1cnc(Nc2ccccc2OC)cn1. The first-order valence-corrected chi connectivity index (χ1v) is 8.33. The Labute approximate surface area is 157 Å². The van der Waals surface area contributed by atoms with E-state index in [0.717, 1.165) is 17.0 Å². The highest BCUT2D eigenvalue weighted by Crippen LogP contribution is 2.25. The van der Waals surface area contributed by atoms with Gasteiger partial charge in [0.15, 0.2) is 0 Å². The van der Waals surface area contributed by atoms with Gasteiger partial charge in [-0.05, 0) is 18.2 Å². The molecule has 0 aliphatic heterocycles. The summed E-state index contributed by atoms with van der Waals surface area (Å²) in [5, 5.41) is 5.93. The van der Waals surface area contributed by atoms with Gasteiger partial charge in [0, 0.05) is 12.1 Å². The van der Waals surface area contributed by atoms with Crippen molar-refractivity contribution in [1.29, 1.82) is 0 Å². The van der Waals surface area contributed by atoms with Gasteiger partial charge < -0.3 is 20.1 Å². The summed E-state index contributed by atoms with van der Waals surface area (Å²) in [6.45, 7) is 0.339. The first-order chi connectivity index (χ1) is 13.2. The molecule has 3 aromatic rings. The summed E-state index contributed by atoms with van der Waals surface area (Å²) in [5.74, 6) is 1.62. The van der Waals surface area contributed by atoms with Crippen molar-refractivity contribution < 1.29 is 14.3 Å². The van der Waals surface area contributed by atoms with Gasteiger partial charge in [-0.2, -0.15) is 0 Å². The van der Waals surface area contributed by atoms with E-state index in [-0.39, 0.29) is 11.6 Å². The van der Waals surface area contributed by atoms with Gasteiger partial charge in [0.2, 0.25) is 0 Å². The predicted molar refractivity (Wildman–Crippen MR) is 102 cm³/mol. The van der Waals surface area contributed by atoms with E-state index in [9.17, 15) is 4.79 Å². The normalized spacial score (nSPS) is 10.1. The van der Waals surface area contributed by atoms with Crippen LogP contribution in [0.2, 0.25) is 0 Å². The quantitative estimate of drug-likeness (QED) is 0.670. The highest BCUT2D eigenvalue weighted by atomic mass is 16.5. The van der Waals surface area contributed by atoms with E-state index >= 15 is 0 Å². The van der Waals surface area contributed by atoms with Gasteiger partial charge in [0.05, 0.1) is 32.3 Å². The van der Waals surface area contributed by atoms with E-state index in [1.54, 1.807) is 14.2 Å². The van der Waals surface area contributed by atoms with Gasteiger partial charge in [-0.25, -0.2) is 9.97 Å². The Balaban J connectivity index is 1.63. The smallest absolute Gasteiger partial charge is 0.271 e. The van der Waals surface area contributed by atoms with Crippen molar-refractivity contribution in [3.63, 3.8) is 0 Å². The number of hydrogen-bond donors (Lipinski definition) is 2. The number of ether oxygens (including phenoxy) is 2. The summed E-state index contributed by atoms with van der Waals surface area (Å²) in [6.07, 6.45) is 2.93. The molecular formula is C20H20N4O3. The van der Waals surface area contributed by atoms with E-state index in [4.69, 9.17) is 9.47 Å². The van der Waals surface area contributed by atoms with Gasteiger partial charge >= 0.3 is 0 Å². The number of anilines is 2. The van der Waals surface area contributed by atoms with Crippen LogP contribution in [0.4, 0.5) is 11.5 Å². The molecule has 138 valence electrons. The Morgan fingerprint density at radius 1 is 0.926 bits per heavy atom. The number of nitrogens with one attached hydrogen (secondary N) is 2. The lowest BCUT2D eigenvalue weighted by Gasteiger charge is -2.11. The van der Waals surface area contributed by atoms with Gasteiger partial charge in [-0.15, -0.1) is 0 Å². The first-order valence-electron chi connectivity index (χ1n) is 8.33. The monoisotopic (exact) mass is 364 g/mol. The number of amides is 1. The molecule has 0 saturated carbocycles. The summed E-state index contributed by atoms with van der Waals surface area (Å²) in [4.78, 5) is 20.7. The largest absolute Gasteiger partial charge is 0.496 e. The van der Waals surface area contributed by atoms with Crippen molar-refractivity contribution in [1.82, 2.24) is 15.3 Å². The van der Waals surface area contributed by atoms with Gasteiger partial charge in [0.1, 0.15) is 23.0 Å². The molecule has 0 saturated heterocycles. The number of carbonyl (C=O) groups is 1. The van der Waals surface area contributed by atoms with Crippen LogP contribution in [0.1, 0.15) is 16.1 Å². The van der Waals surface area contributed by atoms with Crippen LogP contribution in [0.3, 0.4) is 0 Å². The lowest BCUT2D eigenvalue weighted by Crippen LogP contribution is -2.24. The molecule has 0 fully saturated rings. The number of benzene rings is 2. The minimum Gasteiger partial charge on any atom is -0.496 e. The van der Waals surface area contributed by atoms with Crippen molar-refractivity contribution in [3.8, 4) is 11.5 Å². The molecule has 27 heavy (non-hydrogen) atoms. The molecule has 0 aliphatic carbocycles. The lowest BCUT2D eigenvalue weighted by molar-refractivity contribution is 0.0945. The van der Waals surface area contributed by atoms with Gasteiger partial charge in [-0.1, -0.05) is 30.3 Å². The van der Waals surface area contributed by atoms with E-state index < -0.39 is 0 Å². The van der Waals surface area contributed by atoms with Crippen LogP contribution in [0.5, 0.6) is 11.5 Å². The van der Waals surface area contributed by atoms with Gasteiger partial charge in [0.25, 0.3) is 5.91 Å². The molecular weight excluding hydrogens is 344 g/mol. The fraction of sp³-hybridized carbons (Fsp3) is 0.150. The maximum absolute atomic E-state index is 12.3. The van der Waals surface area contributed by atoms with E-state index in [1.807, 2.05) is 48.5 Å². The molecule has 7 heteroatoms. The molecule has 0 bridgehead atoms. The minimum absolute atomic E-state index is 0.232. The summed E-state index contributed by atoms with van der Waals surface area (Å²) in [6, 6.07) is 15.0. The van der Waals surface area contributed by atoms with E-state index in [0.29, 0.717) is 18.1 Å². The zero-order valence-electron chi connectivity index (χ0n) is 15.1. The molecule has 0 unspecified atom stereocenters. The number of hydrogen-bond acceptors (Lipinski definition) is 6. The van der Waals surface area contributed by atoms with E-state index in [1.165, 1.54) is 12.4 Å².